The molecule has 1 N–H and O–H groups in total. The smallest absolute Gasteiger partial charge is 0.0694 e. The fourth-order valence-electron chi connectivity index (χ4n) is 2.50. The van der Waals surface area contributed by atoms with Gasteiger partial charge in [-0.3, -0.25) is 4.68 Å². The topological polar surface area (TPSA) is 29.9 Å². The van der Waals surface area contributed by atoms with Crippen LogP contribution in [0.25, 0.3) is 0 Å². The molecule has 1 aromatic heterocycles. The van der Waals surface area contributed by atoms with Gasteiger partial charge in [0.25, 0.3) is 0 Å². The van der Waals surface area contributed by atoms with Crippen molar-refractivity contribution in [2.45, 2.75) is 46.2 Å². The summed E-state index contributed by atoms with van der Waals surface area (Å²) in [6, 6.07) is 9.01. The molecule has 3 nitrogen and oxygen atoms in total. The molecule has 0 bridgehead atoms. The third-order valence-corrected chi connectivity index (χ3v) is 3.62. The van der Waals surface area contributed by atoms with Crippen LogP contribution in [0.2, 0.25) is 0 Å². The minimum absolute atomic E-state index is 0.343. The summed E-state index contributed by atoms with van der Waals surface area (Å²) in [5.41, 5.74) is 5.12. The van der Waals surface area contributed by atoms with Crippen molar-refractivity contribution in [2.24, 2.45) is 7.05 Å². The number of hydrogen-bond donors (Lipinski definition) is 1. The van der Waals surface area contributed by atoms with Crippen molar-refractivity contribution in [3.63, 3.8) is 0 Å². The Kier molecular flexibility index (Phi) is 4.61. The van der Waals surface area contributed by atoms with Gasteiger partial charge in [0.05, 0.1) is 5.69 Å². The van der Waals surface area contributed by atoms with E-state index in [9.17, 15) is 0 Å². The van der Waals surface area contributed by atoms with Crippen molar-refractivity contribution in [1.29, 1.82) is 0 Å². The summed E-state index contributed by atoms with van der Waals surface area (Å²) < 4.78 is 1.91. The van der Waals surface area contributed by atoms with E-state index in [1.165, 1.54) is 22.4 Å². The molecule has 0 amide bonds. The Morgan fingerprint density at radius 3 is 2.65 bits per heavy atom. The third kappa shape index (κ3) is 3.48. The van der Waals surface area contributed by atoms with Gasteiger partial charge in [-0.2, -0.15) is 5.10 Å². The molecule has 0 spiro atoms. The van der Waals surface area contributed by atoms with Gasteiger partial charge in [0.1, 0.15) is 0 Å². The second kappa shape index (κ2) is 6.23. The van der Waals surface area contributed by atoms with Crippen molar-refractivity contribution < 1.29 is 0 Å². The minimum Gasteiger partial charge on any atom is -0.306 e. The summed E-state index contributed by atoms with van der Waals surface area (Å²) in [7, 11) is 1.99. The van der Waals surface area contributed by atoms with Crippen LogP contribution in [-0.2, 0) is 13.6 Å². The van der Waals surface area contributed by atoms with Crippen LogP contribution in [0.3, 0.4) is 0 Å². The zero-order valence-electron chi connectivity index (χ0n) is 13.1. The minimum atomic E-state index is 0.343. The predicted molar refractivity (Wildman–Crippen MR) is 83.7 cm³/mol. The van der Waals surface area contributed by atoms with E-state index in [0.29, 0.717) is 12.0 Å². The second-order valence-corrected chi connectivity index (χ2v) is 5.88. The molecule has 3 heteroatoms. The highest BCUT2D eigenvalue weighted by atomic mass is 15.3. The molecule has 0 unspecified atom stereocenters. The summed E-state index contributed by atoms with van der Waals surface area (Å²) in [4.78, 5) is 0. The van der Waals surface area contributed by atoms with E-state index in [4.69, 9.17) is 0 Å². The van der Waals surface area contributed by atoms with Crippen LogP contribution in [0.4, 0.5) is 0 Å². The SMILES string of the molecule is Cc1cccc([C@@H](C)NCc2cn(C)nc2C(C)C)c1. The molecule has 1 heterocycles. The highest BCUT2D eigenvalue weighted by Crippen LogP contribution is 2.19. The van der Waals surface area contributed by atoms with Gasteiger partial charge in [-0.25, -0.2) is 0 Å². The number of benzene rings is 1. The summed E-state index contributed by atoms with van der Waals surface area (Å²) in [5, 5.41) is 8.15. The van der Waals surface area contributed by atoms with Gasteiger partial charge in [0.2, 0.25) is 0 Å². The Morgan fingerprint density at radius 1 is 1.25 bits per heavy atom. The van der Waals surface area contributed by atoms with Crippen LogP contribution in [0.1, 0.15) is 55.1 Å². The lowest BCUT2D eigenvalue weighted by molar-refractivity contribution is 0.570. The maximum Gasteiger partial charge on any atom is 0.0694 e. The van der Waals surface area contributed by atoms with E-state index >= 15 is 0 Å². The molecule has 20 heavy (non-hydrogen) atoms. The van der Waals surface area contributed by atoms with Crippen LogP contribution in [0.15, 0.2) is 30.5 Å². The van der Waals surface area contributed by atoms with Gasteiger partial charge < -0.3 is 5.32 Å². The zero-order chi connectivity index (χ0) is 14.7. The summed E-state index contributed by atoms with van der Waals surface area (Å²) >= 11 is 0. The Labute approximate surface area is 122 Å². The molecular weight excluding hydrogens is 246 g/mol. The number of hydrogen-bond acceptors (Lipinski definition) is 2. The largest absolute Gasteiger partial charge is 0.306 e. The summed E-state index contributed by atoms with van der Waals surface area (Å²) in [6.45, 7) is 9.58. The lowest BCUT2D eigenvalue weighted by Gasteiger charge is -2.15. The first kappa shape index (κ1) is 14.8. The number of aryl methyl sites for hydroxylation is 2. The number of rotatable bonds is 5. The Morgan fingerprint density at radius 2 is 2.00 bits per heavy atom. The van der Waals surface area contributed by atoms with Crippen LogP contribution in [0.5, 0.6) is 0 Å². The van der Waals surface area contributed by atoms with Crippen LogP contribution >= 0.6 is 0 Å². The van der Waals surface area contributed by atoms with E-state index < -0.39 is 0 Å². The standard InChI is InChI=1S/C17H25N3/c1-12(2)17-16(11-20(5)19-17)10-18-14(4)15-8-6-7-13(3)9-15/h6-9,11-12,14,18H,10H2,1-5H3/t14-/m1/s1. The van der Waals surface area contributed by atoms with Crippen molar-refractivity contribution in [1.82, 2.24) is 15.1 Å². The Balaban J connectivity index is 2.05. The highest BCUT2D eigenvalue weighted by Gasteiger charge is 2.12. The number of nitrogens with zero attached hydrogens (tertiary/aromatic N) is 2. The lowest BCUT2D eigenvalue weighted by Crippen LogP contribution is -2.18. The maximum absolute atomic E-state index is 4.55. The van der Waals surface area contributed by atoms with E-state index in [-0.39, 0.29) is 0 Å². The monoisotopic (exact) mass is 271 g/mol. The molecule has 108 valence electrons. The molecule has 0 saturated carbocycles. The van der Waals surface area contributed by atoms with Crippen molar-refractivity contribution >= 4 is 0 Å². The van der Waals surface area contributed by atoms with Gasteiger partial charge in [-0.15, -0.1) is 0 Å². The molecule has 2 rings (SSSR count). The molecule has 0 aliphatic carbocycles. The zero-order valence-corrected chi connectivity index (χ0v) is 13.1. The van der Waals surface area contributed by atoms with Gasteiger partial charge in [0, 0.05) is 31.4 Å². The Bertz CT molecular complexity index is 569. The second-order valence-electron chi connectivity index (χ2n) is 5.88. The van der Waals surface area contributed by atoms with Crippen LogP contribution < -0.4 is 5.32 Å². The molecule has 2 aromatic rings. The first-order chi connectivity index (χ1) is 9.47. The fourth-order valence-corrected chi connectivity index (χ4v) is 2.50. The quantitative estimate of drug-likeness (QED) is 0.898. The van der Waals surface area contributed by atoms with Crippen molar-refractivity contribution in [2.75, 3.05) is 0 Å². The molecule has 1 aromatic carbocycles. The molecule has 0 aliphatic rings. The van der Waals surface area contributed by atoms with Crippen molar-refractivity contribution in [3.05, 3.63) is 52.8 Å². The van der Waals surface area contributed by atoms with Gasteiger partial charge in [-0.1, -0.05) is 43.7 Å². The fraction of sp³-hybridized carbons (Fsp3) is 0.471. The van der Waals surface area contributed by atoms with Crippen molar-refractivity contribution in [3.8, 4) is 0 Å². The molecule has 0 fully saturated rings. The van der Waals surface area contributed by atoms with Gasteiger partial charge in [0.15, 0.2) is 0 Å². The summed E-state index contributed by atoms with van der Waals surface area (Å²) in [5.74, 6) is 0.460. The molecular formula is C17H25N3. The highest BCUT2D eigenvalue weighted by molar-refractivity contribution is 5.25. The summed E-state index contributed by atoms with van der Waals surface area (Å²) in [6.07, 6.45) is 2.12. The molecule has 1 atom stereocenters. The Hall–Kier alpha value is -1.61. The first-order valence-corrected chi connectivity index (χ1v) is 7.29. The lowest BCUT2D eigenvalue weighted by atomic mass is 10.0. The normalized spacial score (nSPS) is 12.9. The van der Waals surface area contributed by atoms with E-state index in [2.05, 4.69) is 68.6 Å². The van der Waals surface area contributed by atoms with Gasteiger partial charge in [-0.05, 0) is 25.3 Å². The van der Waals surface area contributed by atoms with Gasteiger partial charge >= 0.3 is 0 Å². The average Bonchev–Trinajstić information content (AvgIpc) is 2.77. The molecule has 0 aliphatic heterocycles. The molecule has 0 radical (unpaired) electrons. The number of aromatic nitrogens is 2. The predicted octanol–water partition coefficient (Wildman–Crippen LogP) is 3.70. The van der Waals surface area contributed by atoms with E-state index in [1.807, 2.05) is 11.7 Å². The first-order valence-electron chi connectivity index (χ1n) is 7.29. The number of nitrogens with one attached hydrogen (secondary N) is 1. The van der Waals surface area contributed by atoms with E-state index in [0.717, 1.165) is 6.54 Å². The van der Waals surface area contributed by atoms with E-state index in [1.54, 1.807) is 0 Å². The molecule has 0 saturated heterocycles. The third-order valence-electron chi connectivity index (χ3n) is 3.62. The van der Waals surface area contributed by atoms with Crippen LogP contribution in [-0.4, -0.2) is 9.78 Å². The van der Waals surface area contributed by atoms with Crippen LogP contribution in [0, 0.1) is 6.92 Å². The average molecular weight is 271 g/mol. The maximum atomic E-state index is 4.55.